The number of anilines is 2. The number of allylic oxidation sites excluding steroid dienone is 2. The Morgan fingerprint density at radius 2 is 1.45 bits per heavy atom. The minimum absolute atomic E-state index is 0.989. The Labute approximate surface area is 132 Å². The van der Waals surface area contributed by atoms with Crippen molar-refractivity contribution in [3.63, 3.8) is 0 Å². The van der Waals surface area contributed by atoms with E-state index < -0.39 is 0 Å². The molecule has 0 radical (unpaired) electrons. The van der Waals surface area contributed by atoms with E-state index in [1.54, 1.807) is 0 Å². The molecule has 0 saturated heterocycles. The molecule has 1 aliphatic rings. The van der Waals surface area contributed by atoms with Gasteiger partial charge in [0.2, 0.25) is 0 Å². The van der Waals surface area contributed by atoms with Gasteiger partial charge < -0.3 is 5.32 Å². The van der Waals surface area contributed by atoms with Crippen LogP contribution in [0.2, 0.25) is 0 Å². The van der Waals surface area contributed by atoms with E-state index >= 15 is 0 Å². The molecule has 108 valence electrons. The van der Waals surface area contributed by atoms with Crippen LogP contribution in [-0.2, 0) is 0 Å². The van der Waals surface area contributed by atoms with E-state index in [0.29, 0.717) is 0 Å². The van der Waals surface area contributed by atoms with Gasteiger partial charge >= 0.3 is 0 Å². The maximum absolute atomic E-state index is 3.86. The van der Waals surface area contributed by atoms with E-state index in [2.05, 4.69) is 79.2 Å². The molecule has 0 atom stereocenters. The van der Waals surface area contributed by atoms with Crippen molar-refractivity contribution in [2.45, 2.75) is 6.42 Å². The molecule has 0 aliphatic heterocycles. The lowest BCUT2D eigenvalue weighted by Crippen LogP contribution is -1.93. The highest BCUT2D eigenvalue weighted by Crippen LogP contribution is 2.25. The van der Waals surface area contributed by atoms with E-state index in [1.165, 1.54) is 11.1 Å². The first-order valence-electron chi connectivity index (χ1n) is 7.43. The highest BCUT2D eigenvalue weighted by Gasteiger charge is 2.03. The van der Waals surface area contributed by atoms with E-state index in [-0.39, 0.29) is 0 Å². The van der Waals surface area contributed by atoms with Gasteiger partial charge in [-0.1, -0.05) is 61.7 Å². The third-order valence-electron chi connectivity index (χ3n) is 3.77. The lowest BCUT2D eigenvalue weighted by molar-refractivity contribution is 1.44. The molecule has 0 fully saturated rings. The third-order valence-corrected chi connectivity index (χ3v) is 3.77. The van der Waals surface area contributed by atoms with Crippen molar-refractivity contribution in [2.75, 3.05) is 5.32 Å². The molecule has 22 heavy (non-hydrogen) atoms. The zero-order valence-corrected chi connectivity index (χ0v) is 12.5. The molecule has 1 aliphatic carbocycles. The predicted molar refractivity (Wildman–Crippen MR) is 99.0 cm³/mol. The quantitative estimate of drug-likeness (QED) is 0.710. The summed E-state index contributed by atoms with van der Waals surface area (Å²) in [5, 5.41) is 3.46. The number of nitrogens with one attached hydrogen (secondary N) is 1. The molecule has 0 unspecified atom stereocenters. The smallest absolute Gasteiger partial charge is 0.0390 e. The van der Waals surface area contributed by atoms with Crippen LogP contribution in [0.5, 0.6) is 0 Å². The van der Waals surface area contributed by atoms with Gasteiger partial charge in [-0.3, -0.25) is 0 Å². The third kappa shape index (κ3) is 2.94. The van der Waals surface area contributed by atoms with Gasteiger partial charge in [0.05, 0.1) is 0 Å². The van der Waals surface area contributed by atoms with Crippen LogP contribution in [0.25, 0.3) is 24.3 Å². The number of fused-ring (bicyclic) bond motifs is 1. The summed E-state index contributed by atoms with van der Waals surface area (Å²) < 4.78 is 0. The van der Waals surface area contributed by atoms with Crippen molar-refractivity contribution in [3.05, 3.63) is 84.0 Å². The maximum Gasteiger partial charge on any atom is 0.0390 e. The topological polar surface area (TPSA) is 12.0 Å². The Morgan fingerprint density at radius 3 is 2.23 bits per heavy atom. The molecule has 3 rings (SSSR count). The van der Waals surface area contributed by atoms with Crippen LogP contribution >= 0.6 is 0 Å². The van der Waals surface area contributed by atoms with Crippen LogP contribution in [0.4, 0.5) is 11.4 Å². The monoisotopic (exact) mass is 285 g/mol. The van der Waals surface area contributed by atoms with Crippen LogP contribution < -0.4 is 5.32 Å². The van der Waals surface area contributed by atoms with Gasteiger partial charge in [-0.2, -0.15) is 0 Å². The summed E-state index contributed by atoms with van der Waals surface area (Å²) in [6.07, 6.45) is 13.4. The second kappa shape index (κ2) is 6.31. The summed E-state index contributed by atoms with van der Waals surface area (Å²) >= 11 is 0. The number of benzene rings is 2. The van der Waals surface area contributed by atoms with Gasteiger partial charge in [-0.25, -0.2) is 0 Å². The molecule has 0 heterocycles. The predicted octanol–water partition coefficient (Wildman–Crippen LogP) is 6.15. The Morgan fingerprint density at radius 1 is 0.773 bits per heavy atom. The summed E-state index contributed by atoms with van der Waals surface area (Å²) in [4.78, 5) is 0. The minimum Gasteiger partial charge on any atom is -0.355 e. The fourth-order valence-electron chi connectivity index (χ4n) is 2.60. The molecule has 1 nitrogen and oxygen atoms in total. The average molecular weight is 285 g/mol. The second-order valence-electron chi connectivity index (χ2n) is 5.26. The Kier molecular flexibility index (Phi) is 4.06. The molecule has 0 saturated carbocycles. The van der Waals surface area contributed by atoms with Gasteiger partial charge in [-0.15, -0.1) is 0 Å². The Bertz CT molecular complexity index is 778. The van der Waals surface area contributed by atoms with Gasteiger partial charge in [0.25, 0.3) is 0 Å². The molecule has 0 amide bonds. The average Bonchev–Trinajstić information content (AvgIpc) is 2.79. The fraction of sp³-hybridized carbons (Fsp3) is 0.0476. The van der Waals surface area contributed by atoms with E-state index in [0.717, 1.165) is 28.9 Å². The highest BCUT2D eigenvalue weighted by atomic mass is 14.9. The number of hydrogen-bond donors (Lipinski definition) is 1. The van der Waals surface area contributed by atoms with Crippen LogP contribution in [0.3, 0.4) is 0 Å². The largest absolute Gasteiger partial charge is 0.355 e. The summed E-state index contributed by atoms with van der Waals surface area (Å²) in [6, 6.07) is 12.6. The van der Waals surface area contributed by atoms with Gasteiger partial charge in [0.1, 0.15) is 0 Å². The first kappa shape index (κ1) is 14.2. The Hall–Kier alpha value is -2.80. The summed E-state index contributed by atoms with van der Waals surface area (Å²) in [5.74, 6) is 0. The van der Waals surface area contributed by atoms with E-state index in [9.17, 15) is 0 Å². The van der Waals surface area contributed by atoms with Crippen LogP contribution in [0.15, 0.2) is 61.7 Å². The zero-order chi connectivity index (χ0) is 15.4. The van der Waals surface area contributed by atoms with Crippen molar-refractivity contribution < 1.29 is 0 Å². The molecule has 1 heteroatoms. The first-order chi connectivity index (χ1) is 10.8. The summed E-state index contributed by atoms with van der Waals surface area (Å²) in [6.45, 7) is 7.69. The molecular formula is C21H19N. The first-order valence-corrected chi connectivity index (χ1v) is 7.43. The second-order valence-corrected chi connectivity index (χ2v) is 5.26. The minimum atomic E-state index is 0.989. The molecule has 1 N–H and O–H groups in total. The molecular weight excluding hydrogens is 266 g/mol. The molecule has 0 aromatic heterocycles. The lowest BCUT2D eigenvalue weighted by Gasteiger charge is -2.11. The van der Waals surface area contributed by atoms with Gasteiger partial charge in [-0.05, 0) is 52.9 Å². The Balaban J connectivity index is 1.90. The molecule has 0 bridgehead atoms. The molecule has 2 aromatic rings. The van der Waals surface area contributed by atoms with E-state index in [1.807, 2.05) is 12.2 Å². The lowest BCUT2D eigenvalue weighted by atomic mass is 10.0. The summed E-state index contributed by atoms with van der Waals surface area (Å²) in [7, 11) is 0. The summed E-state index contributed by atoms with van der Waals surface area (Å²) in [5.41, 5.74) is 6.81. The maximum atomic E-state index is 3.86. The van der Waals surface area contributed by atoms with Crippen molar-refractivity contribution in [1.29, 1.82) is 0 Å². The fourth-order valence-corrected chi connectivity index (χ4v) is 2.60. The van der Waals surface area contributed by atoms with Gasteiger partial charge in [0, 0.05) is 11.4 Å². The van der Waals surface area contributed by atoms with Crippen molar-refractivity contribution in [1.82, 2.24) is 0 Å². The van der Waals surface area contributed by atoms with Crippen molar-refractivity contribution in [3.8, 4) is 0 Å². The SMILES string of the molecule is C=Cc1ccc(Nc2ccc3c(c2)C=CCC=C3)cc1C=C. The van der Waals surface area contributed by atoms with E-state index in [4.69, 9.17) is 0 Å². The van der Waals surface area contributed by atoms with Crippen molar-refractivity contribution in [2.24, 2.45) is 0 Å². The number of hydrogen-bond acceptors (Lipinski definition) is 1. The number of rotatable bonds is 4. The molecule has 0 spiro atoms. The van der Waals surface area contributed by atoms with Crippen LogP contribution in [0.1, 0.15) is 28.7 Å². The zero-order valence-electron chi connectivity index (χ0n) is 12.5. The van der Waals surface area contributed by atoms with Crippen LogP contribution in [-0.4, -0.2) is 0 Å². The van der Waals surface area contributed by atoms with Crippen molar-refractivity contribution >= 4 is 35.7 Å². The highest BCUT2D eigenvalue weighted by molar-refractivity contribution is 5.74. The molecule has 2 aromatic carbocycles. The van der Waals surface area contributed by atoms with Crippen LogP contribution in [0, 0.1) is 0 Å². The normalized spacial score (nSPS) is 12.4. The standard InChI is InChI=1S/C21H19N/c1-3-16-10-12-20(14-17(16)4-2)22-21-13-11-18-8-6-5-7-9-19(18)15-21/h3-4,6-15,22H,1-2,5H2. The van der Waals surface area contributed by atoms with Gasteiger partial charge in [0.15, 0.2) is 0 Å².